The van der Waals surface area contributed by atoms with Crippen molar-refractivity contribution in [3.8, 4) is 11.5 Å². The lowest BCUT2D eigenvalue weighted by Gasteiger charge is -2.41. The summed E-state index contributed by atoms with van der Waals surface area (Å²) in [6.07, 6.45) is 4.19. The largest absolute Gasteiger partial charge is 0.494 e. The molecule has 0 unspecified atom stereocenters. The van der Waals surface area contributed by atoms with E-state index in [1.54, 1.807) is 0 Å². The van der Waals surface area contributed by atoms with Gasteiger partial charge in [0.15, 0.2) is 0 Å². The molecule has 0 N–H and O–H groups in total. The first-order valence-corrected chi connectivity index (χ1v) is 7.16. The zero-order valence-electron chi connectivity index (χ0n) is 12.2. The summed E-state index contributed by atoms with van der Waals surface area (Å²) in [7, 11) is 1.41. The molecule has 0 atom stereocenters. The van der Waals surface area contributed by atoms with Gasteiger partial charge in [-0.2, -0.15) is 0 Å². The fourth-order valence-electron chi connectivity index (χ4n) is 2.30. The third kappa shape index (κ3) is 3.65. The minimum absolute atomic E-state index is 0.215. The van der Waals surface area contributed by atoms with E-state index >= 15 is 0 Å². The number of hydrogen-bond acceptors (Lipinski definition) is 4. The Morgan fingerprint density at radius 3 is 2.35 bits per heavy atom. The number of ether oxygens (including phenoxy) is 3. The van der Waals surface area contributed by atoms with Gasteiger partial charge in [-0.15, -0.1) is 0 Å². The van der Waals surface area contributed by atoms with Crippen molar-refractivity contribution in [2.45, 2.75) is 44.6 Å². The Balaban J connectivity index is 1.95. The summed E-state index contributed by atoms with van der Waals surface area (Å²) in [5.74, 6) is 1.40. The predicted octanol–water partition coefficient (Wildman–Crippen LogP) is 3.34. The number of methoxy groups -OCH3 is 1. The number of esters is 1. The summed E-state index contributed by atoms with van der Waals surface area (Å²) >= 11 is 0. The number of benzene rings is 1. The zero-order chi connectivity index (χ0) is 14.4. The van der Waals surface area contributed by atoms with E-state index in [0.717, 1.165) is 37.2 Å². The van der Waals surface area contributed by atoms with Crippen LogP contribution in [0.4, 0.5) is 0 Å². The van der Waals surface area contributed by atoms with Gasteiger partial charge < -0.3 is 14.2 Å². The molecule has 1 saturated carbocycles. The van der Waals surface area contributed by atoms with Gasteiger partial charge >= 0.3 is 5.97 Å². The molecule has 0 heterocycles. The van der Waals surface area contributed by atoms with Crippen LogP contribution in [0.25, 0.3) is 0 Å². The van der Waals surface area contributed by atoms with E-state index in [1.807, 2.05) is 24.3 Å². The monoisotopic (exact) mass is 278 g/mol. The Hall–Kier alpha value is -1.71. The maximum atomic E-state index is 11.5. The first-order valence-electron chi connectivity index (χ1n) is 7.16. The van der Waals surface area contributed by atoms with Crippen molar-refractivity contribution < 1.29 is 19.0 Å². The van der Waals surface area contributed by atoms with Crippen LogP contribution in [-0.2, 0) is 9.53 Å². The van der Waals surface area contributed by atoms with Crippen LogP contribution in [0.2, 0.25) is 0 Å². The average molecular weight is 278 g/mol. The van der Waals surface area contributed by atoms with Gasteiger partial charge in [-0.25, -0.2) is 0 Å². The molecule has 4 heteroatoms. The SMILES string of the molecule is CCCOc1ccc(OC2(CC(=O)OC)CCC2)cc1. The van der Waals surface area contributed by atoms with Crippen LogP contribution in [-0.4, -0.2) is 25.3 Å². The summed E-state index contributed by atoms with van der Waals surface area (Å²) in [5, 5.41) is 0. The molecule has 110 valence electrons. The van der Waals surface area contributed by atoms with Gasteiger partial charge in [-0.3, -0.25) is 4.79 Å². The van der Waals surface area contributed by atoms with Crippen LogP contribution in [0.1, 0.15) is 39.0 Å². The third-order valence-corrected chi connectivity index (χ3v) is 3.59. The van der Waals surface area contributed by atoms with E-state index in [-0.39, 0.29) is 11.6 Å². The minimum atomic E-state index is -0.376. The van der Waals surface area contributed by atoms with Crippen molar-refractivity contribution in [1.29, 1.82) is 0 Å². The molecule has 0 saturated heterocycles. The van der Waals surface area contributed by atoms with Crippen LogP contribution in [0, 0.1) is 0 Å². The van der Waals surface area contributed by atoms with Crippen LogP contribution in [0.15, 0.2) is 24.3 Å². The molecule has 1 fully saturated rings. The van der Waals surface area contributed by atoms with Gasteiger partial charge in [0.25, 0.3) is 0 Å². The second kappa shape index (κ2) is 6.64. The molecule has 0 radical (unpaired) electrons. The van der Waals surface area contributed by atoms with Gasteiger partial charge in [-0.05, 0) is 49.9 Å². The highest BCUT2D eigenvalue weighted by atomic mass is 16.5. The molecule has 1 aromatic carbocycles. The Morgan fingerprint density at radius 2 is 1.85 bits per heavy atom. The maximum absolute atomic E-state index is 11.5. The number of carbonyl (C=O) groups is 1. The predicted molar refractivity (Wildman–Crippen MR) is 76.1 cm³/mol. The summed E-state index contributed by atoms with van der Waals surface area (Å²) < 4.78 is 16.3. The van der Waals surface area contributed by atoms with Crippen LogP contribution in [0.5, 0.6) is 11.5 Å². The molecule has 0 aromatic heterocycles. The molecule has 1 aliphatic carbocycles. The molecule has 1 aliphatic rings. The smallest absolute Gasteiger partial charge is 0.309 e. The van der Waals surface area contributed by atoms with Crippen molar-refractivity contribution in [2.24, 2.45) is 0 Å². The summed E-state index contributed by atoms with van der Waals surface area (Å²) in [4.78, 5) is 11.5. The lowest BCUT2D eigenvalue weighted by Crippen LogP contribution is -2.45. The maximum Gasteiger partial charge on any atom is 0.309 e. The molecule has 4 nitrogen and oxygen atoms in total. The van der Waals surface area contributed by atoms with E-state index in [9.17, 15) is 4.79 Å². The average Bonchev–Trinajstić information content (AvgIpc) is 2.44. The zero-order valence-corrected chi connectivity index (χ0v) is 12.2. The Kier molecular flexibility index (Phi) is 4.88. The standard InChI is InChI=1S/C16H22O4/c1-3-11-19-13-5-7-14(8-6-13)20-16(9-4-10-16)12-15(17)18-2/h5-8H,3-4,9-12H2,1-2H3. The van der Waals surface area contributed by atoms with Crippen molar-refractivity contribution >= 4 is 5.97 Å². The Bertz CT molecular complexity index is 434. The second-order valence-electron chi connectivity index (χ2n) is 5.21. The summed E-state index contributed by atoms with van der Waals surface area (Å²) in [6, 6.07) is 7.58. The minimum Gasteiger partial charge on any atom is -0.494 e. The highest BCUT2D eigenvalue weighted by Crippen LogP contribution is 2.39. The molecule has 2 rings (SSSR count). The molecule has 20 heavy (non-hydrogen) atoms. The fourth-order valence-corrected chi connectivity index (χ4v) is 2.30. The Labute approximate surface area is 120 Å². The van der Waals surface area contributed by atoms with E-state index in [2.05, 4.69) is 6.92 Å². The van der Waals surface area contributed by atoms with Gasteiger partial charge in [0.2, 0.25) is 0 Å². The quantitative estimate of drug-likeness (QED) is 0.718. The van der Waals surface area contributed by atoms with Crippen LogP contribution >= 0.6 is 0 Å². The Morgan fingerprint density at radius 1 is 1.20 bits per heavy atom. The van der Waals surface area contributed by atoms with Crippen LogP contribution < -0.4 is 9.47 Å². The van der Waals surface area contributed by atoms with E-state index < -0.39 is 0 Å². The van der Waals surface area contributed by atoms with Gasteiger partial charge in [-0.1, -0.05) is 6.92 Å². The summed E-state index contributed by atoms with van der Waals surface area (Å²) in [5.41, 5.74) is -0.376. The fraction of sp³-hybridized carbons (Fsp3) is 0.562. The van der Waals surface area contributed by atoms with E-state index in [4.69, 9.17) is 14.2 Å². The first kappa shape index (κ1) is 14.7. The molecule has 0 spiro atoms. The number of rotatable bonds is 7. The van der Waals surface area contributed by atoms with Gasteiger partial charge in [0.1, 0.15) is 17.1 Å². The molecule has 0 amide bonds. The van der Waals surface area contributed by atoms with E-state index in [1.165, 1.54) is 7.11 Å². The van der Waals surface area contributed by atoms with Crippen molar-refractivity contribution in [3.63, 3.8) is 0 Å². The lowest BCUT2D eigenvalue weighted by atomic mass is 9.77. The molecule has 0 aliphatic heterocycles. The third-order valence-electron chi connectivity index (χ3n) is 3.59. The van der Waals surface area contributed by atoms with Gasteiger partial charge in [0, 0.05) is 0 Å². The second-order valence-corrected chi connectivity index (χ2v) is 5.21. The highest BCUT2D eigenvalue weighted by Gasteiger charge is 2.41. The van der Waals surface area contributed by atoms with Gasteiger partial charge in [0.05, 0.1) is 20.1 Å². The van der Waals surface area contributed by atoms with Crippen molar-refractivity contribution in [3.05, 3.63) is 24.3 Å². The lowest BCUT2D eigenvalue weighted by molar-refractivity contribution is -0.148. The number of hydrogen-bond donors (Lipinski definition) is 0. The molecular weight excluding hydrogens is 256 g/mol. The highest BCUT2D eigenvalue weighted by molar-refractivity contribution is 5.70. The summed E-state index contributed by atoms with van der Waals surface area (Å²) in [6.45, 7) is 2.79. The first-order chi connectivity index (χ1) is 9.67. The van der Waals surface area contributed by atoms with Crippen molar-refractivity contribution in [1.82, 2.24) is 0 Å². The topological polar surface area (TPSA) is 44.8 Å². The normalized spacial score (nSPS) is 16.1. The molecule has 0 bridgehead atoms. The van der Waals surface area contributed by atoms with Crippen molar-refractivity contribution in [2.75, 3.05) is 13.7 Å². The van der Waals surface area contributed by atoms with E-state index in [0.29, 0.717) is 13.0 Å². The van der Waals surface area contributed by atoms with Crippen LogP contribution in [0.3, 0.4) is 0 Å². The molecule has 1 aromatic rings. The number of carbonyl (C=O) groups excluding carboxylic acids is 1. The molecular formula is C16H22O4.